The van der Waals surface area contributed by atoms with Gasteiger partial charge in [0.15, 0.2) is 23.1 Å². The van der Waals surface area contributed by atoms with E-state index in [0.717, 1.165) is 18.2 Å². The normalized spacial score (nSPS) is 19.9. The number of fused-ring (bicyclic) bond motifs is 3. The number of urea groups is 1. The number of nitrogens with one attached hydrogen (secondary N) is 2. The summed E-state index contributed by atoms with van der Waals surface area (Å²) in [6.45, 7) is 0.180. The van der Waals surface area contributed by atoms with Crippen LogP contribution < -0.4 is 20.1 Å². The van der Waals surface area contributed by atoms with Crippen molar-refractivity contribution in [2.45, 2.75) is 12.0 Å². The number of aromatic nitrogens is 1. The molecule has 1 aromatic heterocycles. The van der Waals surface area contributed by atoms with Crippen LogP contribution in [0.25, 0.3) is 0 Å². The number of carbonyl (C=O) groups excluding carboxylic acids is 1. The molecule has 7 nitrogen and oxygen atoms in total. The Kier molecular flexibility index (Phi) is 5.01. The van der Waals surface area contributed by atoms with Crippen LogP contribution >= 0.6 is 0 Å². The van der Waals surface area contributed by atoms with Gasteiger partial charge in [-0.3, -0.25) is 5.32 Å². The van der Waals surface area contributed by atoms with Gasteiger partial charge in [-0.25, -0.2) is 22.9 Å². The largest absolute Gasteiger partial charge is 0.490 e. The van der Waals surface area contributed by atoms with Crippen LogP contribution in [-0.2, 0) is 0 Å². The molecule has 3 atom stereocenters. The van der Waals surface area contributed by atoms with Crippen molar-refractivity contribution in [2.24, 2.45) is 5.92 Å². The summed E-state index contributed by atoms with van der Waals surface area (Å²) in [7, 11) is 0. The Morgan fingerprint density at radius 1 is 1.12 bits per heavy atom. The van der Waals surface area contributed by atoms with E-state index < -0.39 is 29.5 Å². The molecule has 2 N–H and O–H groups in total. The molecule has 0 saturated heterocycles. The van der Waals surface area contributed by atoms with Crippen LogP contribution in [0.4, 0.5) is 23.8 Å². The Bertz CT molecular complexity index is 1290. The van der Waals surface area contributed by atoms with Crippen molar-refractivity contribution in [3.8, 4) is 23.3 Å². The first-order valence-corrected chi connectivity index (χ1v) is 9.96. The Morgan fingerprint density at radius 3 is 2.67 bits per heavy atom. The van der Waals surface area contributed by atoms with E-state index in [9.17, 15) is 18.0 Å². The quantitative estimate of drug-likeness (QED) is 0.610. The lowest BCUT2D eigenvalue weighted by Crippen LogP contribution is -2.32. The Balaban J connectivity index is 1.20. The van der Waals surface area contributed by atoms with Crippen molar-refractivity contribution in [3.63, 3.8) is 0 Å². The van der Waals surface area contributed by atoms with Crippen molar-refractivity contribution in [3.05, 3.63) is 77.2 Å². The van der Waals surface area contributed by atoms with Gasteiger partial charge in [-0.2, -0.15) is 5.26 Å². The molecular formula is C23H15F3N4O3. The average Bonchev–Trinajstić information content (AvgIpc) is 3.51. The lowest BCUT2D eigenvalue weighted by molar-refractivity contribution is 0.247. The van der Waals surface area contributed by atoms with Gasteiger partial charge in [-0.1, -0.05) is 0 Å². The minimum atomic E-state index is -0.691. The molecule has 1 aliphatic carbocycles. The molecule has 166 valence electrons. The molecular weight excluding hydrogens is 437 g/mol. The second kappa shape index (κ2) is 8.02. The first-order chi connectivity index (χ1) is 15.9. The van der Waals surface area contributed by atoms with Crippen LogP contribution in [0.5, 0.6) is 17.2 Å². The van der Waals surface area contributed by atoms with E-state index in [-0.39, 0.29) is 52.6 Å². The molecule has 0 radical (unpaired) electrons. The zero-order valence-corrected chi connectivity index (χ0v) is 16.8. The lowest BCUT2D eigenvalue weighted by atomic mass is 10.0. The Labute approximate surface area is 185 Å². The molecule has 1 saturated carbocycles. The molecule has 1 unspecified atom stereocenters. The molecule has 2 amide bonds. The number of carbonyl (C=O) groups is 1. The average molecular weight is 452 g/mol. The van der Waals surface area contributed by atoms with Gasteiger partial charge in [0.2, 0.25) is 0 Å². The zero-order valence-electron chi connectivity index (χ0n) is 16.8. The number of benzene rings is 2. The standard InChI is InChI=1S/C23H15F3N4O3/c24-14-3-4-15(25)22-20(14)19-13(10-32-22)21(19)30-23(31)29-18-6-2-12(9-28-18)33-17-5-1-11(8-27)7-16(17)26/h1-7,9,13,19,21H,10H2,(H2,28,29,30,31)/t13-,19-,21?/m0/s1. The Morgan fingerprint density at radius 2 is 1.94 bits per heavy atom. The van der Waals surface area contributed by atoms with Crippen LogP contribution in [0, 0.1) is 34.7 Å². The second-order valence-electron chi connectivity index (χ2n) is 7.64. The van der Waals surface area contributed by atoms with Gasteiger partial charge in [-0.05, 0) is 42.5 Å². The van der Waals surface area contributed by atoms with Gasteiger partial charge in [0.1, 0.15) is 17.4 Å². The summed E-state index contributed by atoms with van der Waals surface area (Å²) in [6.07, 6.45) is 1.30. The fourth-order valence-electron chi connectivity index (χ4n) is 3.96. The number of nitriles is 1. The fraction of sp³-hybridized carbons (Fsp3) is 0.174. The zero-order chi connectivity index (χ0) is 23.1. The van der Waals surface area contributed by atoms with Crippen LogP contribution in [0.2, 0.25) is 0 Å². The highest BCUT2D eigenvalue weighted by Gasteiger charge is 2.57. The van der Waals surface area contributed by atoms with Crippen LogP contribution in [-0.4, -0.2) is 23.7 Å². The van der Waals surface area contributed by atoms with E-state index in [1.165, 1.54) is 30.5 Å². The maximum absolute atomic E-state index is 14.2. The number of amides is 2. The molecule has 5 rings (SSSR count). The minimum Gasteiger partial charge on any atom is -0.490 e. The van der Waals surface area contributed by atoms with Gasteiger partial charge >= 0.3 is 6.03 Å². The molecule has 33 heavy (non-hydrogen) atoms. The summed E-state index contributed by atoms with van der Waals surface area (Å²) >= 11 is 0. The van der Waals surface area contributed by atoms with Gasteiger partial charge in [-0.15, -0.1) is 0 Å². The number of nitrogens with zero attached hydrogens (tertiary/aromatic N) is 2. The number of anilines is 1. The third kappa shape index (κ3) is 3.89. The van der Waals surface area contributed by atoms with E-state index in [1.54, 1.807) is 0 Å². The molecule has 2 heterocycles. The first-order valence-electron chi connectivity index (χ1n) is 9.96. The number of rotatable bonds is 4. The molecule has 3 aromatic rings. The monoisotopic (exact) mass is 452 g/mol. The van der Waals surface area contributed by atoms with E-state index in [0.29, 0.717) is 0 Å². The van der Waals surface area contributed by atoms with Crippen LogP contribution in [0.1, 0.15) is 17.0 Å². The van der Waals surface area contributed by atoms with E-state index in [4.69, 9.17) is 14.7 Å². The number of pyridine rings is 1. The van der Waals surface area contributed by atoms with Crippen LogP contribution in [0.3, 0.4) is 0 Å². The van der Waals surface area contributed by atoms with Gasteiger partial charge < -0.3 is 14.8 Å². The van der Waals surface area contributed by atoms with Crippen molar-refractivity contribution in [1.82, 2.24) is 10.3 Å². The molecule has 0 spiro atoms. The maximum atomic E-state index is 14.2. The predicted molar refractivity (Wildman–Crippen MR) is 109 cm³/mol. The van der Waals surface area contributed by atoms with E-state index in [1.807, 2.05) is 6.07 Å². The van der Waals surface area contributed by atoms with E-state index >= 15 is 0 Å². The van der Waals surface area contributed by atoms with Crippen molar-refractivity contribution in [1.29, 1.82) is 5.26 Å². The van der Waals surface area contributed by atoms with Gasteiger partial charge in [0.25, 0.3) is 0 Å². The van der Waals surface area contributed by atoms with Crippen molar-refractivity contribution < 1.29 is 27.4 Å². The first kappa shape index (κ1) is 20.6. The highest BCUT2D eigenvalue weighted by molar-refractivity contribution is 5.89. The predicted octanol–water partition coefficient (Wildman–Crippen LogP) is 4.46. The number of hydrogen-bond donors (Lipinski definition) is 2. The van der Waals surface area contributed by atoms with Gasteiger partial charge in [0.05, 0.1) is 24.4 Å². The highest BCUT2D eigenvalue weighted by atomic mass is 19.1. The summed E-state index contributed by atoms with van der Waals surface area (Å²) in [6, 6.07) is 9.69. The number of ether oxygens (including phenoxy) is 2. The summed E-state index contributed by atoms with van der Waals surface area (Å²) in [5.74, 6) is -2.14. The molecule has 1 aliphatic heterocycles. The molecule has 1 fully saturated rings. The summed E-state index contributed by atoms with van der Waals surface area (Å²) in [4.78, 5) is 16.4. The maximum Gasteiger partial charge on any atom is 0.320 e. The van der Waals surface area contributed by atoms with Gasteiger partial charge in [0, 0.05) is 23.4 Å². The Hall–Kier alpha value is -4.26. The fourth-order valence-corrected chi connectivity index (χ4v) is 3.96. The minimum absolute atomic E-state index is 0.0724. The third-order valence-electron chi connectivity index (χ3n) is 5.58. The smallest absolute Gasteiger partial charge is 0.320 e. The van der Waals surface area contributed by atoms with Crippen LogP contribution in [0.15, 0.2) is 48.7 Å². The molecule has 2 aromatic carbocycles. The van der Waals surface area contributed by atoms with Crippen molar-refractivity contribution >= 4 is 11.8 Å². The summed E-state index contributed by atoms with van der Waals surface area (Å²) in [5.41, 5.74) is 0.313. The summed E-state index contributed by atoms with van der Waals surface area (Å²) in [5, 5.41) is 14.1. The lowest BCUT2D eigenvalue weighted by Gasteiger charge is -2.16. The topological polar surface area (TPSA) is 96.3 Å². The highest BCUT2D eigenvalue weighted by Crippen LogP contribution is 2.55. The molecule has 10 heteroatoms. The number of hydrogen-bond acceptors (Lipinski definition) is 5. The number of halogens is 3. The van der Waals surface area contributed by atoms with E-state index in [2.05, 4.69) is 15.6 Å². The SMILES string of the molecule is N#Cc1ccc(Oc2ccc(NC(=O)NC3[C@H]4COc5c(F)ccc(F)c5[C@@H]34)nc2)c(F)c1. The van der Waals surface area contributed by atoms with Crippen molar-refractivity contribution in [2.75, 3.05) is 11.9 Å². The molecule has 2 aliphatic rings. The summed E-state index contributed by atoms with van der Waals surface area (Å²) < 4.78 is 52.8. The second-order valence-corrected chi connectivity index (χ2v) is 7.64. The third-order valence-corrected chi connectivity index (χ3v) is 5.58. The molecule has 0 bridgehead atoms.